The molecule has 2 aromatic rings. The monoisotopic (exact) mass is 374 g/mol. The van der Waals surface area contributed by atoms with Gasteiger partial charge in [0.1, 0.15) is 10.5 Å². The van der Waals surface area contributed by atoms with Crippen LogP contribution in [0.5, 0.6) is 0 Å². The van der Waals surface area contributed by atoms with Crippen molar-refractivity contribution in [3.8, 4) is 0 Å². The highest BCUT2D eigenvalue weighted by Gasteiger charge is 2.32. The molecule has 2 aliphatic rings. The van der Waals surface area contributed by atoms with Crippen LogP contribution in [0.15, 0.2) is 41.6 Å². The Hall–Kier alpha value is -2.19. The van der Waals surface area contributed by atoms with E-state index < -0.39 is 10.0 Å². The standard InChI is InChI=1S/C18H22N4O3S/c23-17(12-14-4-1-2-5-14)21-8-10-22(11-9-21)26(24,25)16-13-20-18-15(16)6-3-7-19-18/h1,3-4,6-7,13-14H,2,5,8-12H2,(H,19,20)/t14-/m0/s1. The first kappa shape index (κ1) is 17.2. The number of hydrogen-bond acceptors (Lipinski definition) is 4. The van der Waals surface area contributed by atoms with E-state index >= 15 is 0 Å². The average Bonchev–Trinajstić information content (AvgIpc) is 3.31. The SMILES string of the molecule is O=C(C[C@H]1C=CCC1)N1CCN(S(=O)(=O)c2c[nH]c3ncccc23)CC1. The molecule has 0 radical (unpaired) electrons. The number of nitrogens with one attached hydrogen (secondary N) is 1. The molecule has 8 heteroatoms. The molecular formula is C18H22N4O3S. The molecule has 7 nitrogen and oxygen atoms in total. The molecule has 138 valence electrons. The zero-order chi connectivity index (χ0) is 18.1. The number of piperazine rings is 1. The number of pyridine rings is 1. The first-order chi connectivity index (χ1) is 12.6. The smallest absolute Gasteiger partial charge is 0.245 e. The van der Waals surface area contributed by atoms with E-state index in [0.29, 0.717) is 49.6 Å². The van der Waals surface area contributed by atoms with E-state index in [2.05, 4.69) is 22.1 Å². The van der Waals surface area contributed by atoms with Crippen LogP contribution in [0, 0.1) is 5.92 Å². The minimum atomic E-state index is -3.60. The van der Waals surface area contributed by atoms with Crippen molar-refractivity contribution in [1.29, 1.82) is 0 Å². The summed E-state index contributed by atoms with van der Waals surface area (Å²) < 4.78 is 27.4. The number of H-pyrrole nitrogens is 1. The summed E-state index contributed by atoms with van der Waals surface area (Å²) in [6.07, 6.45) is 9.97. The van der Waals surface area contributed by atoms with Crippen LogP contribution in [-0.4, -0.2) is 59.7 Å². The molecule has 4 rings (SSSR count). The van der Waals surface area contributed by atoms with Gasteiger partial charge in [-0.25, -0.2) is 13.4 Å². The van der Waals surface area contributed by atoms with Gasteiger partial charge in [-0.15, -0.1) is 0 Å². The lowest BCUT2D eigenvalue weighted by Crippen LogP contribution is -2.50. The van der Waals surface area contributed by atoms with Gasteiger partial charge in [0.05, 0.1) is 0 Å². The van der Waals surface area contributed by atoms with Crippen LogP contribution in [0.4, 0.5) is 0 Å². The van der Waals surface area contributed by atoms with E-state index in [0.717, 1.165) is 12.8 Å². The van der Waals surface area contributed by atoms with Crippen LogP contribution in [0.2, 0.25) is 0 Å². The number of carbonyl (C=O) groups is 1. The van der Waals surface area contributed by atoms with Crippen LogP contribution in [0.3, 0.4) is 0 Å². The number of allylic oxidation sites excluding steroid dienone is 2. The fraction of sp³-hybridized carbons (Fsp3) is 0.444. The fourth-order valence-electron chi connectivity index (χ4n) is 3.68. The van der Waals surface area contributed by atoms with Crippen molar-refractivity contribution < 1.29 is 13.2 Å². The summed E-state index contributed by atoms with van der Waals surface area (Å²) in [5, 5.41) is 0.596. The van der Waals surface area contributed by atoms with Gasteiger partial charge in [0.2, 0.25) is 15.9 Å². The Morgan fingerprint density at radius 1 is 1.27 bits per heavy atom. The lowest BCUT2D eigenvalue weighted by atomic mass is 10.0. The van der Waals surface area contributed by atoms with Gasteiger partial charge in [0.15, 0.2) is 0 Å². The summed E-state index contributed by atoms with van der Waals surface area (Å²) in [6.45, 7) is 1.52. The fourth-order valence-corrected chi connectivity index (χ4v) is 5.25. The molecule has 0 unspecified atom stereocenters. The zero-order valence-corrected chi connectivity index (χ0v) is 15.3. The van der Waals surface area contributed by atoms with E-state index in [9.17, 15) is 13.2 Å². The summed E-state index contributed by atoms with van der Waals surface area (Å²) in [5.41, 5.74) is 0.560. The topological polar surface area (TPSA) is 86.4 Å². The van der Waals surface area contributed by atoms with Crippen LogP contribution in [0.25, 0.3) is 11.0 Å². The highest BCUT2D eigenvalue weighted by Crippen LogP contribution is 2.26. The summed E-state index contributed by atoms with van der Waals surface area (Å²) in [6, 6.07) is 3.48. The lowest BCUT2D eigenvalue weighted by molar-refractivity contribution is -0.133. The van der Waals surface area contributed by atoms with Gasteiger partial charge in [-0.2, -0.15) is 4.31 Å². The van der Waals surface area contributed by atoms with Gasteiger partial charge in [0, 0.05) is 50.4 Å². The molecule has 1 aliphatic heterocycles. The quantitative estimate of drug-likeness (QED) is 0.826. The highest BCUT2D eigenvalue weighted by atomic mass is 32.2. The van der Waals surface area contributed by atoms with Crippen molar-refractivity contribution in [2.75, 3.05) is 26.2 Å². The van der Waals surface area contributed by atoms with Gasteiger partial charge in [-0.05, 0) is 30.9 Å². The van der Waals surface area contributed by atoms with Crippen LogP contribution in [-0.2, 0) is 14.8 Å². The Balaban J connectivity index is 1.43. The molecule has 3 heterocycles. The maximum atomic E-state index is 13.0. The summed E-state index contributed by atoms with van der Waals surface area (Å²) in [7, 11) is -3.60. The van der Waals surface area contributed by atoms with E-state index in [1.165, 1.54) is 10.5 Å². The molecule has 0 bridgehead atoms. The number of rotatable bonds is 4. The number of sulfonamides is 1. The normalized spacial score (nSPS) is 21.5. The predicted octanol–water partition coefficient (Wildman–Crippen LogP) is 1.75. The zero-order valence-electron chi connectivity index (χ0n) is 14.5. The van der Waals surface area contributed by atoms with E-state index in [-0.39, 0.29) is 10.8 Å². The Bertz CT molecular complexity index is 942. The Kier molecular flexibility index (Phi) is 4.54. The Morgan fingerprint density at radius 2 is 2.08 bits per heavy atom. The van der Waals surface area contributed by atoms with Gasteiger partial charge in [-0.3, -0.25) is 4.79 Å². The molecule has 0 aromatic carbocycles. The van der Waals surface area contributed by atoms with Gasteiger partial charge < -0.3 is 9.88 Å². The minimum Gasteiger partial charge on any atom is -0.345 e. The number of aromatic nitrogens is 2. The molecule has 1 fully saturated rings. The van der Waals surface area contributed by atoms with Crippen molar-refractivity contribution in [2.45, 2.75) is 24.2 Å². The van der Waals surface area contributed by atoms with E-state index in [1.807, 2.05) is 0 Å². The third-order valence-electron chi connectivity index (χ3n) is 5.17. The maximum absolute atomic E-state index is 13.0. The van der Waals surface area contributed by atoms with Crippen molar-refractivity contribution in [1.82, 2.24) is 19.2 Å². The summed E-state index contributed by atoms with van der Waals surface area (Å²) in [5.74, 6) is 0.456. The highest BCUT2D eigenvalue weighted by molar-refractivity contribution is 7.89. The number of hydrogen-bond donors (Lipinski definition) is 1. The summed E-state index contributed by atoms with van der Waals surface area (Å²) in [4.78, 5) is 21.5. The molecule has 2 aromatic heterocycles. The van der Waals surface area contributed by atoms with Crippen LogP contribution >= 0.6 is 0 Å². The van der Waals surface area contributed by atoms with E-state index in [1.54, 1.807) is 23.2 Å². The second-order valence-electron chi connectivity index (χ2n) is 6.81. The molecular weight excluding hydrogens is 352 g/mol. The molecule has 1 aliphatic carbocycles. The second kappa shape index (κ2) is 6.85. The number of carbonyl (C=O) groups excluding carboxylic acids is 1. The predicted molar refractivity (Wildman–Crippen MR) is 97.9 cm³/mol. The Morgan fingerprint density at radius 3 is 2.81 bits per heavy atom. The van der Waals surface area contributed by atoms with Crippen molar-refractivity contribution in [2.24, 2.45) is 5.92 Å². The Labute approximate surface area is 152 Å². The third kappa shape index (κ3) is 3.14. The van der Waals surface area contributed by atoms with Gasteiger partial charge in [-0.1, -0.05) is 12.2 Å². The molecule has 1 amide bonds. The first-order valence-corrected chi connectivity index (χ1v) is 10.4. The number of fused-ring (bicyclic) bond motifs is 1. The maximum Gasteiger partial charge on any atom is 0.245 e. The molecule has 26 heavy (non-hydrogen) atoms. The van der Waals surface area contributed by atoms with Crippen molar-refractivity contribution in [3.05, 3.63) is 36.7 Å². The third-order valence-corrected chi connectivity index (χ3v) is 7.11. The minimum absolute atomic E-state index is 0.120. The van der Waals surface area contributed by atoms with Crippen LogP contribution < -0.4 is 0 Å². The summed E-state index contributed by atoms with van der Waals surface area (Å²) >= 11 is 0. The first-order valence-electron chi connectivity index (χ1n) is 8.92. The van der Waals surface area contributed by atoms with E-state index in [4.69, 9.17) is 0 Å². The second-order valence-corrected chi connectivity index (χ2v) is 8.71. The van der Waals surface area contributed by atoms with Crippen LogP contribution in [0.1, 0.15) is 19.3 Å². The van der Waals surface area contributed by atoms with Crippen molar-refractivity contribution >= 4 is 27.0 Å². The molecule has 1 atom stereocenters. The molecule has 0 spiro atoms. The number of amides is 1. The number of nitrogens with zero attached hydrogens (tertiary/aromatic N) is 3. The molecule has 0 saturated carbocycles. The van der Waals surface area contributed by atoms with Gasteiger partial charge >= 0.3 is 0 Å². The molecule has 1 N–H and O–H groups in total. The van der Waals surface area contributed by atoms with Gasteiger partial charge in [0.25, 0.3) is 0 Å². The number of aromatic amines is 1. The average molecular weight is 374 g/mol. The van der Waals surface area contributed by atoms with Crippen molar-refractivity contribution in [3.63, 3.8) is 0 Å². The molecule has 1 saturated heterocycles. The lowest BCUT2D eigenvalue weighted by Gasteiger charge is -2.34. The largest absolute Gasteiger partial charge is 0.345 e.